The number of amides is 1. The predicted molar refractivity (Wildman–Crippen MR) is 132 cm³/mol. The molecule has 1 aliphatic carbocycles. The second kappa shape index (κ2) is 9.26. The Bertz CT molecular complexity index is 1340. The highest BCUT2D eigenvalue weighted by Gasteiger charge is 2.55. The highest BCUT2D eigenvalue weighted by molar-refractivity contribution is 5.81. The summed E-state index contributed by atoms with van der Waals surface area (Å²) < 4.78 is 16.2. The molecule has 0 unspecified atom stereocenters. The third-order valence-corrected chi connectivity index (χ3v) is 8.01. The van der Waals surface area contributed by atoms with Gasteiger partial charge in [0.25, 0.3) is 5.56 Å². The smallest absolute Gasteiger partial charge is 0.258 e. The first-order valence-electron chi connectivity index (χ1n) is 12.6. The Morgan fingerprint density at radius 1 is 1.08 bits per heavy atom. The fourth-order valence-corrected chi connectivity index (χ4v) is 6.01. The number of rotatable bonds is 7. The molecular formula is C28H29FN4O3. The molecule has 4 heterocycles. The number of aliphatic hydroxyl groups excluding tert-OH is 1. The van der Waals surface area contributed by atoms with Crippen LogP contribution in [0.15, 0.2) is 65.7 Å². The normalized spacial score (nSPS) is 24.9. The highest BCUT2D eigenvalue weighted by atomic mass is 19.1. The zero-order valence-electron chi connectivity index (χ0n) is 19.9. The van der Waals surface area contributed by atoms with Gasteiger partial charge in [-0.1, -0.05) is 18.2 Å². The topological polar surface area (TPSA) is 87.5 Å². The molecule has 2 bridgehead atoms. The van der Waals surface area contributed by atoms with Gasteiger partial charge >= 0.3 is 0 Å². The summed E-state index contributed by atoms with van der Waals surface area (Å²) in [5.74, 6) is -0.806. The number of fused-ring (bicyclic) bond motifs is 4. The largest absolute Gasteiger partial charge is 0.396 e. The molecule has 0 spiro atoms. The average Bonchev–Trinajstić information content (AvgIpc) is 3.69. The summed E-state index contributed by atoms with van der Waals surface area (Å²) in [6, 6.07) is 13.1. The van der Waals surface area contributed by atoms with Crippen molar-refractivity contribution in [1.29, 1.82) is 0 Å². The highest BCUT2D eigenvalue weighted by Crippen LogP contribution is 2.49. The van der Waals surface area contributed by atoms with Gasteiger partial charge in [-0.3, -0.25) is 19.5 Å². The number of aromatic nitrogens is 2. The summed E-state index contributed by atoms with van der Waals surface area (Å²) in [6.45, 7) is 1.40. The first-order valence-corrected chi connectivity index (χ1v) is 12.6. The van der Waals surface area contributed by atoms with Gasteiger partial charge in [-0.15, -0.1) is 0 Å². The number of nitrogens with zero attached hydrogens (tertiary/aromatic N) is 3. The Morgan fingerprint density at radius 2 is 1.86 bits per heavy atom. The lowest BCUT2D eigenvalue weighted by Crippen LogP contribution is -2.46. The van der Waals surface area contributed by atoms with E-state index >= 15 is 0 Å². The first kappa shape index (κ1) is 23.1. The molecule has 0 radical (unpaired) electrons. The maximum absolute atomic E-state index is 14.5. The number of carbonyl (C=O) groups is 1. The SMILES string of the molecule is O=C(NCC1CC1)[C@@H]1[C@@H](CO)[C@@H]2Cn3c(ccc(-c4ccccc4F)c3=O)[C@H]1N2Cc1ccncc1. The van der Waals surface area contributed by atoms with E-state index in [2.05, 4.69) is 15.2 Å². The fraction of sp³-hybridized carbons (Fsp3) is 0.393. The molecule has 7 nitrogen and oxygen atoms in total. The zero-order chi connectivity index (χ0) is 24.8. The molecule has 2 N–H and O–H groups in total. The van der Waals surface area contributed by atoms with Crippen molar-refractivity contribution >= 4 is 5.91 Å². The van der Waals surface area contributed by atoms with E-state index in [-0.39, 0.29) is 41.6 Å². The van der Waals surface area contributed by atoms with Crippen molar-refractivity contribution in [2.75, 3.05) is 13.2 Å². The van der Waals surface area contributed by atoms with E-state index in [1.807, 2.05) is 18.2 Å². The number of halogens is 1. The van der Waals surface area contributed by atoms with E-state index in [4.69, 9.17) is 0 Å². The van der Waals surface area contributed by atoms with Gasteiger partial charge in [0, 0.05) is 61.9 Å². The van der Waals surface area contributed by atoms with E-state index in [9.17, 15) is 19.1 Å². The van der Waals surface area contributed by atoms with Crippen LogP contribution in [0.2, 0.25) is 0 Å². The van der Waals surface area contributed by atoms with Crippen LogP contribution in [0, 0.1) is 23.6 Å². The van der Waals surface area contributed by atoms with Crippen molar-refractivity contribution in [2.24, 2.45) is 17.8 Å². The monoisotopic (exact) mass is 488 g/mol. The van der Waals surface area contributed by atoms with Crippen LogP contribution in [0.1, 0.15) is 30.1 Å². The summed E-state index contributed by atoms with van der Waals surface area (Å²) in [7, 11) is 0. The molecule has 1 amide bonds. The summed E-state index contributed by atoms with van der Waals surface area (Å²) in [5.41, 5.74) is 2.07. The van der Waals surface area contributed by atoms with Crippen LogP contribution in [-0.4, -0.2) is 44.7 Å². The Balaban J connectivity index is 1.44. The molecule has 2 aliphatic heterocycles. The second-order valence-electron chi connectivity index (χ2n) is 10.2. The van der Waals surface area contributed by atoms with Crippen molar-refractivity contribution in [1.82, 2.24) is 19.8 Å². The third-order valence-electron chi connectivity index (χ3n) is 8.01. The lowest BCUT2D eigenvalue weighted by Gasteiger charge is -2.38. The van der Waals surface area contributed by atoms with Gasteiger partial charge in [0.1, 0.15) is 5.82 Å². The van der Waals surface area contributed by atoms with E-state index in [1.165, 1.54) is 6.07 Å². The van der Waals surface area contributed by atoms with Gasteiger partial charge < -0.3 is 15.0 Å². The zero-order valence-corrected chi connectivity index (χ0v) is 19.9. The number of carbonyl (C=O) groups excluding carboxylic acids is 1. The van der Waals surface area contributed by atoms with Crippen LogP contribution in [0.5, 0.6) is 0 Å². The Kier molecular flexibility index (Phi) is 5.93. The first-order chi connectivity index (χ1) is 17.6. The molecule has 3 aromatic rings. The van der Waals surface area contributed by atoms with Crippen molar-refractivity contribution < 1.29 is 14.3 Å². The van der Waals surface area contributed by atoms with Gasteiger partial charge in [0.05, 0.1) is 17.5 Å². The van der Waals surface area contributed by atoms with Crippen LogP contribution in [0.3, 0.4) is 0 Å². The standard InChI is InChI=1S/C28H29FN4O3/c29-22-4-2-1-3-19(22)20-7-8-23-26-25(27(35)31-13-17-5-6-17)21(16-34)24(15-33(23)28(20)36)32(26)14-18-9-11-30-12-10-18/h1-4,7-12,17,21,24-26,34H,5-6,13-16H2,(H,31,35)/t21-,24-,25+,26+/m0/s1. The summed E-state index contributed by atoms with van der Waals surface area (Å²) in [6.07, 6.45) is 5.74. The minimum absolute atomic E-state index is 0.0766. The quantitative estimate of drug-likeness (QED) is 0.534. The third kappa shape index (κ3) is 3.94. The van der Waals surface area contributed by atoms with Gasteiger partial charge in [-0.05, 0) is 54.7 Å². The summed E-state index contributed by atoms with van der Waals surface area (Å²) >= 11 is 0. The number of benzene rings is 1. The van der Waals surface area contributed by atoms with E-state index in [0.717, 1.165) is 24.1 Å². The van der Waals surface area contributed by atoms with Gasteiger partial charge in [-0.25, -0.2) is 4.39 Å². The molecule has 4 atom stereocenters. The number of hydrogen-bond donors (Lipinski definition) is 2. The van der Waals surface area contributed by atoms with Crippen LogP contribution in [0.25, 0.3) is 11.1 Å². The molecule has 6 rings (SSSR count). The molecular weight excluding hydrogens is 459 g/mol. The number of pyridine rings is 2. The van der Waals surface area contributed by atoms with Crippen molar-refractivity contribution in [3.8, 4) is 11.1 Å². The maximum Gasteiger partial charge on any atom is 0.258 e. The summed E-state index contributed by atoms with van der Waals surface area (Å²) in [5, 5.41) is 13.6. The van der Waals surface area contributed by atoms with Gasteiger partial charge in [0.2, 0.25) is 5.91 Å². The van der Waals surface area contributed by atoms with Crippen LogP contribution < -0.4 is 10.9 Å². The van der Waals surface area contributed by atoms with Crippen LogP contribution in [-0.2, 0) is 17.9 Å². The van der Waals surface area contributed by atoms with Crippen molar-refractivity contribution in [3.63, 3.8) is 0 Å². The molecule has 1 saturated heterocycles. The molecule has 8 heteroatoms. The van der Waals surface area contributed by atoms with Crippen molar-refractivity contribution in [3.05, 3.63) is 88.4 Å². The molecule has 36 heavy (non-hydrogen) atoms. The predicted octanol–water partition coefficient (Wildman–Crippen LogP) is 2.74. The van der Waals surface area contributed by atoms with Crippen LogP contribution in [0.4, 0.5) is 4.39 Å². The molecule has 2 fully saturated rings. The Morgan fingerprint density at radius 3 is 2.58 bits per heavy atom. The lowest BCUT2D eigenvalue weighted by atomic mass is 9.86. The average molecular weight is 489 g/mol. The molecule has 2 aromatic heterocycles. The van der Waals surface area contributed by atoms with Gasteiger partial charge in [0.15, 0.2) is 0 Å². The maximum atomic E-state index is 14.5. The number of hydrogen-bond acceptors (Lipinski definition) is 5. The fourth-order valence-electron chi connectivity index (χ4n) is 6.01. The Hall–Kier alpha value is -3.36. The molecule has 186 valence electrons. The van der Waals surface area contributed by atoms with E-state index in [1.54, 1.807) is 41.2 Å². The Labute approximate surface area is 208 Å². The second-order valence-corrected chi connectivity index (χ2v) is 10.2. The minimum Gasteiger partial charge on any atom is -0.396 e. The molecule has 1 aromatic carbocycles. The van der Waals surface area contributed by atoms with Crippen LogP contribution >= 0.6 is 0 Å². The molecule has 1 saturated carbocycles. The number of aliphatic hydroxyl groups is 1. The lowest BCUT2D eigenvalue weighted by molar-refractivity contribution is -0.127. The van der Waals surface area contributed by atoms with Crippen molar-refractivity contribution in [2.45, 2.75) is 38.0 Å². The van der Waals surface area contributed by atoms with E-state index in [0.29, 0.717) is 31.1 Å². The number of nitrogens with one attached hydrogen (secondary N) is 1. The molecule has 3 aliphatic rings. The van der Waals surface area contributed by atoms with Gasteiger partial charge in [-0.2, -0.15) is 0 Å². The van der Waals surface area contributed by atoms with E-state index < -0.39 is 11.7 Å². The summed E-state index contributed by atoms with van der Waals surface area (Å²) in [4.78, 5) is 33.5. The minimum atomic E-state index is -0.493.